The first-order valence-corrected chi connectivity index (χ1v) is 11.4. The van der Waals surface area contributed by atoms with Gasteiger partial charge in [-0.1, -0.05) is 97.1 Å². The summed E-state index contributed by atoms with van der Waals surface area (Å²) >= 11 is 0. The summed E-state index contributed by atoms with van der Waals surface area (Å²) in [7, 11) is 0. The highest BCUT2D eigenvalue weighted by atomic mass is 16.5. The van der Waals surface area contributed by atoms with E-state index in [9.17, 15) is 9.59 Å². The Labute approximate surface area is 199 Å². The van der Waals surface area contributed by atoms with Gasteiger partial charge >= 0.3 is 0 Å². The normalized spacial score (nSPS) is 10.7. The van der Waals surface area contributed by atoms with E-state index in [-0.39, 0.29) is 24.8 Å². The van der Waals surface area contributed by atoms with Crippen molar-refractivity contribution in [2.75, 3.05) is 6.54 Å². The van der Waals surface area contributed by atoms with Crippen LogP contribution in [0.1, 0.15) is 22.3 Å². The zero-order valence-corrected chi connectivity index (χ0v) is 19.0. The molecule has 0 saturated carbocycles. The summed E-state index contributed by atoms with van der Waals surface area (Å²) in [5.74, 6) is -0.402. The van der Waals surface area contributed by atoms with Crippen LogP contribution in [0.25, 0.3) is 10.8 Å². The predicted molar refractivity (Wildman–Crippen MR) is 134 cm³/mol. The second-order valence-corrected chi connectivity index (χ2v) is 8.17. The number of benzene rings is 4. The molecule has 2 N–H and O–H groups in total. The molecule has 0 aliphatic heterocycles. The van der Waals surface area contributed by atoms with Gasteiger partial charge in [0.05, 0.1) is 26.2 Å². The van der Waals surface area contributed by atoms with Crippen molar-refractivity contribution in [3.05, 3.63) is 119 Å². The molecule has 0 aromatic heterocycles. The van der Waals surface area contributed by atoms with Crippen molar-refractivity contribution in [3.63, 3.8) is 0 Å². The number of nitrogens with one attached hydrogen (secondary N) is 2. The summed E-state index contributed by atoms with van der Waals surface area (Å²) in [5, 5.41) is 7.73. The first-order chi connectivity index (χ1) is 16.7. The van der Waals surface area contributed by atoms with Gasteiger partial charge in [0.25, 0.3) is 0 Å². The summed E-state index contributed by atoms with van der Waals surface area (Å²) in [6.07, 6.45) is 0.236. The van der Waals surface area contributed by atoms with Crippen LogP contribution < -0.4 is 10.6 Å². The van der Waals surface area contributed by atoms with Gasteiger partial charge in [0.2, 0.25) is 11.8 Å². The van der Waals surface area contributed by atoms with Gasteiger partial charge in [-0.3, -0.25) is 9.59 Å². The maximum absolute atomic E-state index is 12.4. The zero-order valence-electron chi connectivity index (χ0n) is 19.0. The van der Waals surface area contributed by atoms with Crippen molar-refractivity contribution in [3.8, 4) is 0 Å². The number of carbonyl (C=O) groups excluding carboxylic acids is 2. The van der Waals surface area contributed by atoms with Crippen LogP contribution in [0.5, 0.6) is 0 Å². The zero-order chi connectivity index (χ0) is 23.6. The van der Waals surface area contributed by atoms with Crippen molar-refractivity contribution in [1.29, 1.82) is 0 Å². The standard InChI is InChI=1S/C29H28N2O3/c32-28(17-26-14-7-13-25-12-4-5-15-27(25)26)31-19-29(33)30-18-23-10-6-11-24(16-23)21-34-20-22-8-2-1-3-9-22/h1-16H,17-21H2,(H,30,33)(H,31,32). The van der Waals surface area contributed by atoms with E-state index < -0.39 is 0 Å². The van der Waals surface area contributed by atoms with Crippen LogP contribution >= 0.6 is 0 Å². The van der Waals surface area contributed by atoms with E-state index in [0.29, 0.717) is 19.8 Å². The molecule has 0 unspecified atom stereocenters. The second kappa shape index (κ2) is 11.8. The van der Waals surface area contributed by atoms with Crippen LogP contribution in [0.2, 0.25) is 0 Å². The fraction of sp³-hybridized carbons (Fsp3) is 0.172. The highest BCUT2D eigenvalue weighted by molar-refractivity contribution is 5.91. The van der Waals surface area contributed by atoms with Gasteiger partial charge in [-0.2, -0.15) is 0 Å². The molecule has 0 heterocycles. The van der Waals surface area contributed by atoms with E-state index in [4.69, 9.17) is 4.74 Å². The maximum atomic E-state index is 12.4. The van der Waals surface area contributed by atoms with Crippen LogP contribution in [-0.4, -0.2) is 18.4 Å². The fourth-order valence-electron chi connectivity index (χ4n) is 3.81. The van der Waals surface area contributed by atoms with Crippen LogP contribution in [0.15, 0.2) is 97.1 Å². The number of rotatable bonds is 10. The number of amides is 2. The Morgan fingerprint density at radius 2 is 1.32 bits per heavy atom. The van der Waals surface area contributed by atoms with E-state index in [0.717, 1.165) is 33.0 Å². The quantitative estimate of drug-likeness (QED) is 0.371. The molecule has 4 aromatic rings. The third-order valence-corrected chi connectivity index (χ3v) is 5.54. The van der Waals surface area contributed by atoms with Gasteiger partial charge in [-0.15, -0.1) is 0 Å². The molecular weight excluding hydrogens is 424 g/mol. The van der Waals surface area contributed by atoms with Gasteiger partial charge in [0.15, 0.2) is 0 Å². The number of hydrogen-bond donors (Lipinski definition) is 2. The van der Waals surface area contributed by atoms with Gasteiger partial charge in [-0.25, -0.2) is 0 Å². The highest BCUT2D eigenvalue weighted by Gasteiger charge is 2.09. The highest BCUT2D eigenvalue weighted by Crippen LogP contribution is 2.18. The molecule has 0 aliphatic rings. The van der Waals surface area contributed by atoms with Gasteiger partial charge in [0, 0.05) is 6.54 Å². The maximum Gasteiger partial charge on any atom is 0.239 e. The van der Waals surface area contributed by atoms with Crippen molar-refractivity contribution in [1.82, 2.24) is 10.6 Å². The molecule has 2 amide bonds. The minimum absolute atomic E-state index is 0.0521. The average molecular weight is 453 g/mol. The molecule has 34 heavy (non-hydrogen) atoms. The smallest absolute Gasteiger partial charge is 0.239 e. The molecule has 0 fully saturated rings. The lowest BCUT2D eigenvalue weighted by Crippen LogP contribution is -2.37. The second-order valence-electron chi connectivity index (χ2n) is 8.17. The monoisotopic (exact) mass is 452 g/mol. The molecule has 0 radical (unpaired) electrons. The summed E-state index contributed by atoms with van der Waals surface area (Å²) < 4.78 is 5.79. The molecule has 172 valence electrons. The van der Waals surface area contributed by atoms with E-state index in [1.165, 1.54) is 0 Å². The lowest BCUT2D eigenvalue weighted by Gasteiger charge is -2.10. The van der Waals surface area contributed by atoms with Crippen molar-refractivity contribution in [2.24, 2.45) is 0 Å². The largest absolute Gasteiger partial charge is 0.372 e. The fourth-order valence-corrected chi connectivity index (χ4v) is 3.81. The van der Waals surface area contributed by atoms with Crippen LogP contribution in [0.3, 0.4) is 0 Å². The first-order valence-electron chi connectivity index (χ1n) is 11.4. The van der Waals surface area contributed by atoms with Crippen molar-refractivity contribution in [2.45, 2.75) is 26.2 Å². The van der Waals surface area contributed by atoms with Gasteiger partial charge in [-0.05, 0) is 33.0 Å². The molecule has 0 atom stereocenters. The Bertz CT molecular complexity index is 1250. The third-order valence-electron chi connectivity index (χ3n) is 5.54. The van der Waals surface area contributed by atoms with Crippen LogP contribution in [0, 0.1) is 0 Å². The van der Waals surface area contributed by atoms with E-state index in [1.807, 2.05) is 97.1 Å². The lowest BCUT2D eigenvalue weighted by molar-refractivity contribution is -0.125. The third kappa shape index (κ3) is 6.77. The lowest BCUT2D eigenvalue weighted by atomic mass is 10.0. The van der Waals surface area contributed by atoms with Crippen molar-refractivity contribution < 1.29 is 14.3 Å². The number of hydrogen-bond acceptors (Lipinski definition) is 3. The molecule has 0 saturated heterocycles. The summed E-state index contributed by atoms with van der Waals surface area (Å²) in [6.45, 7) is 1.40. The molecule has 5 nitrogen and oxygen atoms in total. The first kappa shape index (κ1) is 23.2. The molecular formula is C29H28N2O3. The van der Waals surface area contributed by atoms with Crippen molar-refractivity contribution >= 4 is 22.6 Å². The molecule has 0 spiro atoms. The van der Waals surface area contributed by atoms with Gasteiger partial charge in [0.1, 0.15) is 0 Å². The Morgan fingerprint density at radius 1 is 0.647 bits per heavy atom. The Kier molecular flexibility index (Phi) is 8.04. The SMILES string of the molecule is O=C(CNC(=O)Cc1cccc2ccccc12)NCc1cccc(COCc2ccccc2)c1. The summed E-state index contributed by atoms with van der Waals surface area (Å²) in [5.41, 5.74) is 4.11. The Balaban J connectivity index is 1.20. The number of carbonyl (C=O) groups is 2. The molecule has 4 rings (SSSR count). The molecule has 4 aromatic carbocycles. The minimum atomic E-state index is -0.225. The average Bonchev–Trinajstić information content (AvgIpc) is 2.87. The van der Waals surface area contributed by atoms with Crippen LogP contribution in [-0.2, 0) is 40.5 Å². The number of ether oxygens (including phenoxy) is 1. The Hall–Kier alpha value is -3.96. The van der Waals surface area contributed by atoms with E-state index >= 15 is 0 Å². The minimum Gasteiger partial charge on any atom is -0.372 e. The topological polar surface area (TPSA) is 67.4 Å². The van der Waals surface area contributed by atoms with E-state index in [1.54, 1.807) is 0 Å². The Morgan fingerprint density at radius 3 is 2.21 bits per heavy atom. The van der Waals surface area contributed by atoms with Gasteiger partial charge < -0.3 is 15.4 Å². The number of fused-ring (bicyclic) bond motifs is 1. The molecule has 0 aliphatic carbocycles. The summed E-state index contributed by atoms with van der Waals surface area (Å²) in [4.78, 5) is 24.6. The predicted octanol–water partition coefficient (Wildman–Crippen LogP) is 4.53. The van der Waals surface area contributed by atoms with Crippen LogP contribution in [0.4, 0.5) is 0 Å². The van der Waals surface area contributed by atoms with E-state index in [2.05, 4.69) is 10.6 Å². The molecule has 0 bridgehead atoms. The summed E-state index contributed by atoms with van der Waals surface area (Å²) in [6, 6.07) is 31.8. The molecule has 5 heteroatoms.